The van der Waals surface area contributed by atoms with Gasteiger partial charge in [-0.1, -0.05) is 6.07 Å². The average molecular weight is 484 g/mol. The van der Waals surface area contributed by atoms with Gasteiger partial charge >= 0.3 is 0 Å². The summed E-state index contributed by atoms with van der Waals surface area (Å²) in [6, 6.07) is 12.5. The van der Waals surface area contributed by atoms with Crippen molar-refractivity contribution < 1.29 is 9.15 Å². The van der Waals surface area contributed by atoms with E-state index in [1.807, 2.05) is 31.3 Å². The molecule has 1 aliphatic rings. The SMILES string of the molecule is CN=C(NCCc1ccco1)NC1CCCN(c2cccc(OC)c2)C1.I. The van der Waals surface area contributed by atoms with Gasteiger partial charge in [0.2, 0.25) is 0 Å². The molecule has 2 heterocycles. The number of guanidine groups is 1. The molecule has 1 atom stereocenters. The van der Waals surface area contributed by atoms with Gasteiger partial charge in [-0.05, 0) is 37.1 Å². The first-order chi connectivity index (χ1) is 12.8. The Bertz CT molecular complexity index is 706. The summed E-state index contributed by atoms with van der Waals surface area (Å²) in [5.41, 5.74) is 1.21. The number of aliphatic imine (C=N–C) groups is 1. The van der Waals surface area contributed by atoms with Crippen LogP contribution in [0.4, 0.5) is 5.69 Å². The number of nitrogens with zero attached hydrogens (tertiary/aromatic N) is 2. The van der Waals surface area contributed by atoms with E-state index in [1.165, 1.54) is 5.69 Å². The van der Waals surface area contributed by atoms with Crippen molar-refractivity contribution in [2.24, 2.45) is 4.99 Å². The second kappa shape index (κ2) is 11.1. The van der Waals surface area contributed by atoms with E-state index in [1.54, 1.807) is 13.4 Å². The summed E-state index contributed by atoms with van der Waals surface area (Å²) in [6.07, 6.45) is 4.84. The normalized spacial score (nSPS) is 17.2. The van der Waals surface area contributed by atoms with Gasteiger partial charge in [0.15, 0.2) is 5.96 Å². The van der Waals surface area contributed by atoms with E-state index in [0.717, 1.165) is 56.4 Å². The number of benzene rings is 1. The number of furan rings is 1. The minimum atomic E-state index is 0. The van der Waals surface area contributed by atoms with Crippen LogP contribution in [0.5, 0.6) is 5.75 Å². The highest BCUT2D eigenvalue weighted by molar-refractivity contribution is 14.0. The van der Waals surface area contributed by atoms with Crippen molar-refractivity contribution >= 4 is 35.6 Å². The maximum Gasteiger partial charge on any atom is 0.191 e. The fourth-order valence-electron chi connectivity index (χ4n) is 3.28. The highest BCUT2D eigenvalue weighted by Gasteiger charge is 2.21. The van der Waals surface area contributed by atoms with Gasteiger partial charge in [0.05, 0.1) is 13.4 Å². The summed E-state index contributed by atoms with van der Waals surface area (Å²) < 4.78 is 10.7. The van der Waals surface area contributed by atoms with Crippen LogP contribution in [0.25, 0.3) is 0 Å². The quantitative estimate of drug-likeness (QED) is 0.375. The van der Waals surface area contributed by atoms with Gasteiger partial charge < -0.3 is 24.7 Å². The molecule has 1 unspecified atom stereocenters. The van der Waals surface area contributed by atoms with E-state index in [0.29, 0.717) is 6.04 Å². The third kappa shape index (κ3) is 6.34. The molecule has 0 spiro atoms. The smallest absolute Gasteiger partial charge is 0.191 e. The van der Waals surface area contributed by atoms with E-state index in [4.69, 9.17) is 9.15 Å². The lowest BCUT2D eigenvalue weighted by molar-refractivity contribution is 0.414. The number of anilines is 1. The Morgan fingerprint density at radius 3 is 2.96 bits per heavy atom. The van der Waals surface area contributed by atoms with Gasteiger partial charge in [-0.15, -0.1) is 24.0 Å². The van der Waals surface area contributed by atoms with Crippen molar-refractivity contribution in [3.63, 3.8) is 0 Å². The fourth-order valence-corrected chi connectivity index (χ4v) is 3.28. The topological polar surface area (TPSA) is 62.0 Å². The maximum atomic E-state index is 5.36. The molecular weight excluding hydrogens is 455 g/mol. The van der Waals surface area contributed by atoms with E-state index in [2.05, 4.69) is 32.7 Å². The second-order valence-corrected chi connectivity index (χ2v) is 6.46. The summed E-state index contributed by atoms with van der Waals surface area (Å²) in [4.78, 5) is 6.75. The highest BCUT2D eigenvalue weighted by atomic mass is 127. The van der Waals surface area contributed by atoms with Gasteiger partial charge in [-0.2, -0.15) is 0 Å². The molecule has 0 aliphatic carbocycles. The van der Waals surface area contributed by atoms with Gasteiger partial charge in [0.1, 0.15) is 11.5 Å². The summed E-state index contributed by atoms with van der Waals surface area (Å²) in [5, 5.41) is 6.92. The molecule has 0 saturated carbocycles. The van der Waals surface area contributed by atoms with Crippen LogP contribution >= 0.6 is 24.0 Å². The van der Waals surface area contributed by atoms with Gasteiger partial charge in [-0.25, -0.2) is 0 Å². The molecule has 3 rings (SSSR count). The number of halogens is 1. The largest absolute Gasteiger partial charge is 0.497 e. The predicted molar refractivity (Wildman–Crippen MR) is 121 cm³/mol. The Labute approximate surface area is 178 Å². The summed E-state index contributed by atoms with van der Waals surface area (Å²) >= 11 is 0. The molecule has 7 heteroatoms. The molecule has 6 nitrogen and oxygen atoms in total. The van der Waals surface area contributed by atoms with Crippen molar-refractivity contribution in [1.82, 2.24) is 10.6 Å². The Morgan fingerprint density at radius 1 is 1.33 bits per heavy atom. The zero-order valence-electron chi connectivity index (χ0n) is 16.0. The predicted octanol–water partition coefficient (Wildman–Crippen LogP) is 3.28. The van der Waals surface area contributed by atoms with Crippen molar-refractivity contribution in [1.29, 1.82) is 0 Å². The standard InChI is InChI=1S/C20H28N4O2.HI/c1-21-20(22-11-10-18-9-5-13-26-18)23-16-6-4-12-24(15-16)17-7-3-8-19(14-17)25-2;/h3,5,7-9,13-14,16H,4,6,10-12,15H2,1-2H3,(H2,21,22,23);1H. The van der Waals surface area contributed by atoms with Crippen LogP contribution in [-0.2, 0) is 6.42 Å². The number of ether oxygens (including phenoxy) is 1. The lowest BCUT2D eigenvalue weighted by Gasteiger charge is -2.35. The highest BCUT2D eigenvalue weighted by Crippen LogP contribution is 2.24. The zero-order valence-corrected chi connectivity index (χ0v) is 18.3. The average Bonchev–Trinajstić information content (AvgIpc) is 3.21. The number of methoxy groups -OCH3 is 1. The molecule has 27 heavy (non-hydrogen) atoms. The van der Waals surface area contributed by atoms with Crippen LogP contribution in [0.3, 0.4) is 0 Å². The minimum Gasteiger partial charge on any atom is -0.497 e. The molecule has 1 saturated heterocycles. The minimum absolute atomic E-state index is 0. The molecular formula is C20H29IN4O2. The van der Waals surface area contributed by atoms with Gasteiger partial charge in [-0.3, -0.25) is 4.99 Å². The van der Waals surface area contributed by atoms with E-state index in [9.17, 15) is 0 Å². The van der Waals surface area contributed by atoms with Crippen LogP contribution in [0.15, 0.2) is 52.1 Å². The lowest BCUT2D eigenvalue weighted by Crippen LogP contribution is -2.51. The summed E-state index contributed by atoms with van der Waals surface area (Å²) in [6.45, 7) is 2.81. The molecule has 0 amide bonds. The number of nitrogens with one attached hydrogen (secondary N) is 2. The Morgan fingerprint density at radius 2 is 2.22 bits per heavy atom. The Hall–Kier alpha value is -1.90. The van der Waals surface area contributed by atoms with Gasteiger partial charge in [0, 0.05) is 50.9 Å². The molecule has 1 fully saturated rings. The Kier molecular flexibility index (Phi) is 8.77. The molecule has 1 aromatic heterocycles. The number of hydrogen-bond donors (Lipinski definition) is 2. The van der Waals surface area contributed by atoms with E-state index in [-0.39, 0.29) is 24.0 Å². The number of hydrogen-bond acceptors (Lipinski definition) is 4. The van der Waals surface area contributed by atoms with E-state index < -0.39 is 0 Å². The zero-order chi connectivity index (χ0) is 18.2. The fraction of sp³-hybridized carbons (Fsp3) is 0.450. The van der Waals surface area contributed by atoms with Crippen LogP contribution < -0.4 is 20.3 Å². The first-order valence-electron chi connectivity index (χ1n) is 9.17. The first kappa shape index (κ1) is 21.4. The third-order valence-electron chi connectivity index (χ3n) is 4.65. The van der Waals surface area contributed by atoms with Crippen molar-refractivity contribution in [2.75, 3.05) is 38.7 Å². The van der Waals surface area contributed by atoms with Crippen LogP contribution in [-0.4, -0.2) is 45.8 Å². The summed E-state index contributed by atoms with van der Waals surface area (Å²) in [5.74, 6) is 2.72. The van der Waals surface area contributed by atoms with Crippen molar-refractivity contribution in [3.05, 3.63) is 48.4 Å². The second-order valence-electron chi connectivity index (χ2n) is 6.46. The number of piperidine rings is 1. The van der Waals surface area contributed by atoms with Crippen LogP contribution in [0.1, 0.15) is 18.6 Å². The van der Waals surface area contributed by atoms with Gasteiger partial charge in [0.25, 0.3) is 0 Å². The number of rotatable bonds is 6. The molecule has 2 N–H and O–H groups in total. The van der Waals surface area contributed by atoms with Crippen LogP contribution in [0, 0.1) is 0 Å². The van der Waals surface area contributed by atoms with Crippen LogP contribution in [0.2, 0.25) is 0 Å². The molecule has 148 valence electrons. The third-order valence-corrected chi connectivity index (χ3v) is 4.65. The molecule has 1 aliphatic heterocycles. The maximum absolute atomic E-state index is 5.36. The molecule has 0 radical (unpaired) electrons. The molecule has 0 bridgehead atoms. The van der Waals surface area contributed by atoms with Crippen molar-refractivity contribution in [3.8, 4) is 5.75 Å². The Balaban J connectivity index is 0.00000261. The first-order valence-corrected chi connectivity index (χ1v) is 9.17. The van der Waals surface area contributed by atoms with E-state index >= 15 is 0 Å². The lowest BCUT2D eigenvalue weighted by atomic mass is 10.0. The monoisotopic (exact) mass is 484 g/mol. The molecule has 1 aromatic carbocycles. The van der Waals surface area contributed by atoms with Crippen molar-refractivity contribution in [2.45, 2.75) is 25.3 Å². The molecule has 2 aromatic rings. The summed E-state index contributed by atoms with van der Waals surface area (Å²) in [7, 11) is 3.52.